The number of amides is 1. The van der Waals surface area contributed by atoms with Crippen LogP contribution in [0.15, 0.2) is 57.6 Å². The molecule has 1 N–H and O–H groups in total. The number of rotatable bonds is 7. The molecule has 1 heterocycles. The van der Waals surface area contributed by atoms with Crippen LogP contribution < -0.4 is 14.2 Å². The van der Waals surface area contributed by atoms with Crippen molar-refractivity contribution in [1.29, 1.82) is 0 Å². The molecule has 9 heteroatoms. The van der Waals surface area contributed by atoms with Crippen LogP contribution in [0.1, 0.15) is 28.4 Å². The maximum absolute atomic E-state index is 12.8. The minimum absolute atomic E-state index is 0.0582. The van der Waals surface area contributed by atoms with Gasteiger partial charge in [-0.25, -0.2) is 9.79 Å². The third-order valence-electron chi connectivity index (χ3n) is 4.93. The smallest absolute Gasteiger partial charge is 0.344 e. The summed E-state index contributed by atoms with van der Waals surface area (Å²) < 4.78 is 21.2. The molecule has 0 aromatic heterocycles. The van der Waals surface area contributed by atoms with Gasteiger partial charge >= 0.3 is 5.97 Å². The van der Waals surface area contributed by atoms with Gasteiger partial charge in [-0.1, -0.05) is 30.0 Å². The van der Waals surface area contributed by atoms with Gasteiger partial charge in [0.2, 0.25) is 5.75 Å². The van der Waals surface area contributed by atoms with Crippen LogP contribution in [0.5, 0.6) is 17.2 Å². The number of aliphatic imine (C=N–C) groups is 1. The Balaban J connectivity index is 2.08. The van der Waals surface area contributed by atoms with Crippen LogP contribution in [0.2, 0.25) is 0 Å². The van der Waals surface area contributed by atoms with E-state index in [1.165, 1.54) is 21.3 Å². The lowest BCUT2D eigenvalue weighted by Gasteiger charge is -2.13. The molecule has 0 bridgehead atoms. The molecule has 1 aliphatic heterocycles. The fraction of sp³-hybridized carbons (Fsp3) is 0.240. The van der Waals surface area contributed by atoms with E-state index < -0.39 is 11.9 Å². The number of aliphatic hydroxyl groups is 1. The molecule has 1 aliphatic rings. The van der Waals surface area contributed by atoms with Crippen LogP contribution in [0.3, 0.4) is 0 Å². The van der Waals surface area contributed by atoms with Gasteiger partial charge in [0.25, 0.3) is 5.91 Å². The average Bonchev–Trinajstić information content (AvgIpc) is 3.12. The highest BCUT2D eigenvalue weighted by atomic mass is 32.2. The highest BCUT2D eigenvalue weighted by molar-refractivity contribution is 8.18. The van der Waals surface area contributed by atoms with Gasteiger partial charge in [0.15, 0.2) is 11.5 Å². The summed E-state index contributed by atoms with van der Waals surface area (Å²) in [5, 5.41) is 10.9. The van der Waals surface area contributed by atoms with E-state index in [4.69, 9.17) is 18.9 Å². The molecule has 0 atom stereocenters. The number of esters is 1. The first-order chi connectivity index (χ1) is 16.3. The Hall–Kier alpha value is -3.72. The molecule has 34 heavy (non-hydrogen) atoms. The van der Waals surface area contributed by atoms with Crippen molar-refractivity contribution in [3.63, 3.8) is 0 Å². The standard InChI is InChI=1S/C25H25NO7S/c1-6-33-25(29)20-21(27)19(13-15-11-17(30-3)22(32-5)18(12-15)31-4)34-24(20)26-23(28)16-10-8-7-9-14(16)2/h7-13,27H,6H2,1-5H3/b19-13-,26-24?. The average molecular weight is 484 g/mol. The summed E-state index contributed by atoms with van der Waals surface area (Å²) in [6, 6.07) is 10.4. The number of methoxy groups -OCH3 is 3. The number of hydrogen-bond acceptors (Lipinski definition) is 8. The first kappa shape index (κ1) is 24.9. The van der Waals surface area contributed by atoms with Crippen molar-refractivity contribution in [1.82, 2.24) is 0 Å². The molecule has 2 aromatic rings. The normalized spacial score (nSPS) is 15.6. The van der Waals surface area contributed by atoms with E-state index in [-0.39, 0.29) is 23.0 Å². The lowest BCUT2D eigenvalue weighted by molar-refractivity contribution is -0.138. The van der Waals surface area contributed by atoms with Crippen molar-refractivity contribution in [2.24, 2.45) is 4.99 Å². The van der Waals surface area contributed by atoms with E-state index in [9.17, 15) is 14.7 Å². The summed E-state index contributed by atoms with van der Waals surface area (Å²) in [5.41, 5.74) is 1.60. The monoisotopic (exact) mass is 483 g/mol. The Labute approximate surface area is 201 Å². The van der Waals surface area contributed by atoms with Crippen molar-refractivity contribution >= 4 is 34.8 Å². The van der Waals surface area contributed by atoms with Crippen molar-refractivity contribution in [3.05, 3.63) is 69.3 Å². The van der Waals surface area contributed by atoms with E-state index in [2.05, 4.69) is 4.99 Å². The van der Waals surface area contributed by atoms with Gasteiger partial charge < -0.3 is 24.1 Å². The predicted octanol–water partition coefficient (Wildman–Crippen LogP) is 4.72. The summed E-state index contributed by atoms with van der Waals surface area (Å²) in [4.78, 5) is 29.9. The fourth-order valence-electron chi connectivity index (χ4n) is 3.29. The van der Waals surface area contributed by atoms with E-state index in [0.29, 0.717) is 33.3 Å². The number of carbonyl (C=O) groups is 2. The zero-order valence-corrected chi connectivity index (χ0v) is 20.3. The number of hydrogen-bond donors (Lipinski definition) is 1. The zero-order valence-electron chi connectivity index (χ0n) is 19.5. The second-order valence-corrected chi connectivity index (χ2v) is 8.08. The first-order valence-electron chi connectivity index (χ1n) is 10.3. The largest absolute Gasteiger partial charge is 0.506 e. The molecule has 0 fully saturated rings. The number of aryl methyl sites for hydroxylation is 1. The summed E-state index contributed by atoms with van der Waals surface area (Å²) >= 11 is 0.994. The van der Waals surface area contributed by atoms with Crippen LogP contribution in [-0.2, 0) is 9.53 Å². The third-order valence-corrected chi connectivity index (χ3v) is 5.95. The Bertz CT molecular complexity index is 1190. The lowest BCUT2D eigenvalue weighted by Crippen LogP contribution is -2.14. The molecule has 2 aromatic carbocycles. The molecule has 178 valence electrons. The molecule has 0 saturated heterocycles. The van der Waals surface area contributed by atoms with Gasteiger partial charge in [0, 0.05) is 5.56 Å². The van der Waals surface area contributed by atoms with Crippen molar-refractivity contribution < 1.29 is 33.6 Å². The number of aliphatic hydroxyl groups excluding tert-OH is 1. The molecule has 0 unspecified atom stereocenters. The highest BCUT2D eigenvalue weighted by Gasteiger charge is 2.34. The van der Waals surface area contributed by atoms with Gasteiger partial charge in [-0.2, -0.15) is 0 Å². The Morgan fingerprint density at radius 1 is 1.06 bits per heavy atom. The molecular formula is C25H25NO7S. The minimum Gasteiger partial charge on any atom is -0.506 e. The van der Waals surface area contributed by atoms with E-state index in [0.717, 1.165) is 17.3 Å². The van der Waals surface area contributed by atoms with Crippen LogP contribution in [0.4, 0.5) is 0 Å². The summed E-state index contributed by atoms with van der Waals surface area (Å²) in [6.07, 6.45) is 1.63. The predicted molar refractivity (Wildman–Crippen MR) is 131 cm³/mol. The van der Waals surface area contributed by atoms with Gasteiger partial charge in [-0.3, -0.25) is 4.79 Å². The second kappa shape index (κ2) is 10.9. The molecule has 0 radical (unpaired) electrons. The Kier molecular flexibility index (Phi) is 8.01. The molecule has 8 nitrogen and oxygen atoms in total. The van der Waals surface area contributed by atoms with Crippen LogP contribution in [0, 0.1) is 6.92 Å². The van der Waals surface area contributed by atoms with Crippen LogP contribution in [-0.4, -0.2) is 50.0 Å². The molecule has 3 rings (SSSR count). The van der Waals surface area contributed by atoms with Gasteiger partial charge in [0.1, 0.15) is 16.4 Å². The number of benzene rings is 2. The molecule has 0 spiro atoms. The Morgan fingerprint density at radius 3 is 2.26 bits per heavy atom. The highest BCUT2D eigenvalue weighted by Crippen LogP contribution is 2.42. The van der Waals surface area contributed by atoms with Crippen molar-refractivity contribution in [3.8, 4) is 17.2 Å². The Morgan fingerprint density at radius 2 is 1.71 bits per heavy atom. The van der Waals surface area contributed by atoms with Gasteiger partial charge in [0.05, 0.1) is 32.8 Å². The van der Waals surface area contributed by atoms with E-state index >= 15 is 0 Å². The zero-order chi connectivity index (χ0) is 24.8. The number of ether oxygens (including phenoxy) is 4. The fourth-order valence-corrected chi connectivity index (χ4v) is 4.31. The summed E-state index contributed by atoms with van der Waals surface area (Å²) in [7, 11) is 4.49. The maximum Gasteiger partial charge on any atom is 0.344 e. The SMILES string of the molecule is CCOC(=O)C1=C(O)/C(=C/c2cc(OC)c(OC)c(OC)c2)SC1=NC(=O)c1ccccc1C. The van der Waals surface area contributed by atoms with Crippen molar-refractivity contribution in [2.45, 2.75) is 13.8 Å². The van der Waals surface area contributed by atoms with E-state index in [1.807, 2.05) is 6.07 Å². The van der Waals surface area contributed by atoms with Gasteiger partial charge in [-0.15, -0.1) is 0 Å². The third kappa shape index (κ3) is 5.09. The van der Waals surface area contributed by atoms with Gasteiger partial charge in [-0.05, 0) is 49.2 Å². The number of thioether (sulfide) groups is 1. The van der Waals surface area contributed by atoms with E-state index in [1.54, 1.807) is 50.3 Å². The first-order valence-corrected chi connectivity index (χ1v) is 11.2. The number of carbonyl (C=O) groups excluding carboxylic acids is 2. The summed E-state index contributed by atoms with van der Waals surface area (Å²) in [6.45, 7) is 3.55. The minimum atomic E-state index is -0.767. The summed E-state index contributed by atoms with van der Waals surface area (Å²) in [5.74, 6) is -0.344. The molecule has 1 amide bonds. The second-order valence-electron chi connectivity index (χ2n) is 7.05. The maximum atomic E-state index is 12.8. The van der Waals surface area contributed by atoms with Crippen molar-refractivity contribution in [2.75, 3.05) is 27.9 Å². The van der Waals surface area contributed by atoms with Crippen LogP contribution in [0.25, 0.3) is 6.08 Å². The molecule has 0 aliphatic carbocycles. The quantitative estimate of drug-likeness (QED) is 0.564. The number of nitrogens with zero attached hydrogens (tertiary/aromatic N) is 1. The molecular weight excluding hydrogens is 458 g/mol. The lowest BCUT2D eigenvalue weighted by atomic mass is 10.1. The topological polar surface area (TPSA) is 104 Å². The molecule has 0 saturated carbocycles. The van der Waals surface area contributed by atoms with Crippen LogP contribution >= 0.6 is 11.8 Å².